The number of benzene rings is 2. The number of rotatable bonds is 6. The van der Waals surface area contributed by atoms with Crippen LogP contribution in [0.4, 0.5) is 4.39 Å². The first kappa shape index (κ1) is 21.3. The Morgan fingerprint density at radius 3 is 2.41 bits per heavy atom. The largest absolute Gasteiger partial charge is 0.375 e. The summed E-state index contributed by atoms with van der Waals surface area (Å²) in [5.41, 5.74) is 4.50. The van der Waals surface area contributed by atoms with Gasteiger partial charge in [-0.1, -0.05) is 12.6 Å². The van der Waals surface area contributed by atoms with E-state index in [1.165, 1.54) is 48.4 Å². The third-order valence-corrected chi connectivity index (χ3v) is 8.71. The minimum absolute atomic E-state index is 0.0947. The molecule has 2 fully saturated rings. The zero-order valence-electron chi connectivity index (χ0n) is 18.4. The first-order valence-electron chi connectivity index (χ1n) is 11.3. The van der Waals surface area contributed by atoms with Gasteiger partial charge in [0.1, 0.15) is 5.82 Å². The van der Waals surface area contributed by atoms with Gasteiger partial charge in [-0.2, -0.15) is 0 Å². The minimum atomic E-state index is -3.54. The van der Waals surface area contributed by atoms with Crippen LogP contribution in [0.3, 0.4) is 0 Å². The lowest BCUT2D eigenvalue weighted by Gasteiger charge is -2.35. The summed E-state index contributed by atoms with van der Waals surface area (Å²) in [5, 5.41) is 1.14. The molecule has 0 radical (unpaired) electrons. The Morgan fingerprint density at radius 1 is 1.06 bits per heavy atom. The second-order valence-corrected chi connectivity index (χ2v) is 11.3. The van der Waals surface area contributed by atoms with Crippen LogP contribution in [0, 0.1) is 11.7 Å². The van der Waals surface area contributed by atoms with Gasteiger partial charge in [0.25, 0.3) is 0 Å². The van der Waals surface area contributed by atoms with E-state index in [1.54, 1.807) is 0 Å². The van der Waals surface area contributed by atoms with Crippen LogP contribution in [-0.4, -0.2) is 31.0 Å². The number of hydrogen-bond acceptors (Lipinski definition) is 3. The molecule has 1 aliphatic heterocycles. The molecule has 4 nitrogen and oxygen atoms in total. The van der Waals surface area contributed by atoms with Gasteiger partial charge in [0.15, 0.2) is 9.84 Å². The fourth-order valence-electron chi connectivity index (χ4n) is 4.98. The minimum Gasteiger partial charge on any atom is -0.375 e. The molecule has 0 unspecified atom stereocenters. The fraction of sp³-hybridized carbons (Fsp3) is 0.385. The van der Waals surface area contributed by atoms with Crippen molar-refractivity contribution in [3.63, 3.8) is 0 Å². The van der Waals surface area contributed by atoms with Crippen LogP contribution >= 0.6 is 0 Å². The van der Waals surface area contributed by atoms with Crippen LogP contribution in [0.2, 0.25) is 0 Å². The van der Waals surface area contributed by atoms with Crippen LogP contribution in [0.5, 0.6) is 0 Å². The van der Waals surface area contributed by atoms with E-state index in [4.69, 9.17) is 0 Å². The van der Waals surface area contributed by atoms with Gasteiger partial charge in [-0.05, 0) is 85.0 Å². The van der Waals surface area contributed by atoms with Crippen LogP contribution in [-0.2, 0) is 22.6 Å². The second-order valence-electron chi connectivity index (χ2n) is 9.29. The molecule has 1 saturated heterocycles. The predicted octanol–water partition coefficient (Wildman–Crippen LogP) is 5.39. The number of allylic oxidation sites excluding steroid dienone is 1. The SMILES string of the molecule is C=C(C1CC1)N1CCC(c2cn(C)c3ccc(CS(=O)(=O)c4ccc(F)cc4)cc23)CC1. The highest BCUT2D eigenvalue weighted by atomic mass is 32.2. The van der Waals surface area contributed by atoms with E-state index in [2.05, 4.69) is 22.2 Å². The number of aryl methyl sites for hydroxylation is 1. The van der Waals surface area contributed by atoms with Gasteiger partial charge >= 0.3 is 0 Å². The lowest BCUT2D eigenvalue weighted by atomic mass is 9.88. The van der Waals surface area contributed by atoms with Crippen LogP contribution < -0.4 is 0 Å². The van der Waals surface area contributed by atoms with Gasteiger partial charge in [-0.3, -0.25) is 0 Å². The van der Waals surface area contributed by atoms with Crippen molar-refractivity contribution in [2.45, 2.75) is 42.2 Å². The van der Waals surface area contributed by atoms with Crippen LogP contribution in [0.15, 0.2) is 65.8 Å². The van der Waals surface area contributed by atoms with Crippen molar-refractivity contribution in [3.8, 4) is 0 Å². The monoisotopic (exact) mass is 452 g/mol. The predicted molar refractivity (Wildman–Crippen MR) is 126 cm³/mol. The lowest BCUT2D eigenvalue weighted by Crippen LogP contribution is -2.32. The number of halogens is 1. The highest BCUT2D eigenvalue weighted by molar-refractivity contribution is 7.90. The number of fused-ring (bicyclic) bond motifs is 1. The van der Waals surface area contributed by atoms with Crippen molar-refractivity contribution in [3.05, 3.63) is 77.9 Å². The maximum Gasteiger partial charge on any atom is 0.182 e. The Morgan fingerprint density at radius 2 is 1.75 bits per heavy atom. The van der Waals surface area contributed by atoms with Crippen molar-refractivity contribution in [2.24, 2.45) is 13.0 Å². The average molecular weight is 453 g/mol. The summed E-state index contributed by atoms with van der Waals surface area (Å²) in [5.74, 6) is 0.634. The van der Waals surface area contributed by atoms with Crippen molar-refractivity contribution >= 4 is 20.7 Å². The van der Waals surface area contributed by atoms with Crippen molar-refractivity contribution in [1.29, 1.82) is 0 Å². The third kappa shape index (κ3) is 4.08. The molecular formula is C26H29FN2O2S. The Bertz CT molecular complexity index is 1270. The normalized spacial score (nSPS) is 17.8. The molecule has 0 bridgehead atoms. The molecule has 168 valence electrons. The van der Waals surface area contributed by atoms with Gasteiger partial charge in [-0.15, -0.1) is 0 Å². The number of piperidine rings is 1. The zero-order valence-corrected chi connectivity index (χ0v) is 19.2. The lowest BCUT2D eigenvalue weighted by molar-refractivity contribution is 0.254. The molecule has 1 aliphatic carbocycles. The molecule has 1 saturated carbocycles. The summed E-state index contributed by atoms with van der Waals surface area (Å²) in [6, 6.07) is 11.0. The van der Waals surface area contributed by atoms with Gasteiger partial charge < -0.3 is 9.47 Å². The van der Waals surface area contributed by atoms with Crippen molar-refractivity contribution < 1.29 is 12.8 Å². The highest BCUT2D eigenvalue weighted by Gasteiger charge is 2.31. The smallest absolute Gasteiger partial charge is 0.182 e. The summed E-state index contributed by atoms with van der Waals surface area (Å²) in [7, 11) is -1.49. The molecule has 2 aliphatic rings. The molecule has 1 aromatic heterocycles. The van der Waals surface area contributed by atoms with Crippen molar-refractivity contribution in [1.82, 2.24) is 9.47 Å². The zero-order chi connectivity index (χ0) is 22.5. The maximum atomic E-state index is 13.2. The molecule has 3 aromatic rings. The van der Waals surface area contributed by atoms with Crippen LogP contribution in [0.1, 0.15) is 42.7 Å². The second kappa shape index (κ2) is 8.07. The Labute approximate surface area is 189 Å². The van der Waals surface area contributed by atoms with Gasteiger partial charge in [0.05, 0.1) is 10.6 Å². The average Bonchev–Trinajstić information content (AvgIpc) is 3.58. The standard InChI is InChI=1S/C26H29FN2O2S/c1-18(20-4-5-20)29-13-11-21(12-14-29)25-16-28(2)26-10-3-19(15-24(25)26)17-32(30,31)23-8-6-22(27)7-9-23/h3,6-10,15-16,20-21H,1,4-5,11-14,17H2,2H3. The number of nitrogens with zero attached hydrogens (tertiary/aromatic N) is 2. The summed E-state index contributed by atoms with van der Waals surface area (Å²) in [6.07, 6.45) is 6.95. The molecule has 2 heterocycles. The van der Waals surface area contributed by atoms with E-state index in [9.17, 15) is 12.8 Å². The Kier molecular flexibility index (Phi) is 5.36. The highest BCUT2D eigenvalue weighted by Crippen LogP contribution is 2.41. The number of sulfone groups is 1. The van der Waals surface area contributed by atoms with Crippen LogP contribution in [0.25, 0.3) is 10.9 Å². The summed E-state index contributed by atoms with van der Waals surface area (Å²) in [6.45, 7) is 6.39. The summed E-state index contributed by atoms with van der Waals surface area (Å²) >= 11 is 0. The molecule has 6 heteroatoms. The maximum absolute atomic E-state index is 13.2. The number of likely N-dealkylation sites (tertiary alicyclic amines) is 1. The molecule has 0 amide bonds. The van der Waals surface area contributed by atoms with Crippen molar-refractivity contribution in [2.75, 3.05) is 13.1 Å². The summed E-state index contributed by atoms with van der Waals surface area (Å²) < 4.78 is 41.1. The molecule has 5 rings (SSSR count). The Balaban J connectivity index is 1.39. The topological polar surface area (TPSA) is 42.3 Å². The van der Waals surface area contributed by atoms with E-state index in [0.29, 0.717) is 11.8 Å². The van der Waals surface area contributed by atoms with E-state index in [0.717, 1.165) is 42.4 Å². The van der Waals surface area contributed by atoms with E-state index >= 15 is 0 Å². The third-order valence-electron chi connectivity index (χ3n) is 7.00. The molecule has 2 aromatic carbocycles. The molecule has 0 spiro atoms. The van der Waals surface area contributed by atoms with E-state index in [-0.39, 0.29) is 10.6 Å². The summed E-state index contributed by atoms with van der Waals surface area (Å²) in [4.78, 5) is 2.61. The Hall–Kier alpha value is -2.60. The molecule has 0 atom stereocenters. The first-order chi connectivity index (χ1) is 15.3. The fourth-order valence-corrected chi connectivity index (χ4v) is 6.32. The number of hydrogen-bond donors (Lipinski definition) is 0. The molecular weight excluding hydrogens is 423 g/mol. The quantitative estimate of drug-likeness (QED) is 0.471. The van der Waals surface area contributed by atoms with E-state index in [1.807, 2.05) is 25.2 Å². The molecule has 32 heavy (non-hydrogen) atoms. The first-order valence-corrected chi connectivity index (χ1v) is 13.0. The van der Waals surface area contributed by atoms with Gasteiger partial charge in [0.2, 0.25) is 0 Å². The number of aromatic nitrogens is 1. The van der Waals surface area contributed by atoms with Gasteiger partial charge in [-0.25, -0.2) is 12.8 Å². The molecule has 0 N–H and O–H groups in total. The van der Waals surface area contributed by atoms with E-state index < -0.39 is 15.7 Å². The van der Waals surface area contributed by atoms with Gasteiger partial charge in [0, 0.05) is 42.9 Å².